The average molecular weight is 334 g/mol. The van der Waals surface area contributed by atoms with Crippen molar-refractivity contribution in [1.29, 1.82) is 5.26 Å². The van der Waals surface area contributed by atoms with Crippen LogP contribution < -0.4 is 4.90 Å². The van der Waals surface area contributed by atoms with Gasteiger partial charge in [0.05, 0.1) is 19.0 Å². The highest BCUT2D eigenvalue weighted by atomic mass is 35.5. The molecule has 0 aromatic heterocycles. The van der Waals surface area contributed by atoms with E-state index in [1.54, 1.807) is 11.0 Å². The van der Waals surface area contributed by atoms with Crippen molar-refractivity contribution in [3.05, 3.63) is 40.9 Å². The zero-order chi connectivity index (χ0) is 17.4. The maximum Gasteiger partial charge on any atom is 0.241 e. The molecular weight excluding hydrogens is 310 g/mol. The fourth-order valence-electron chi connectivity index (χ4n) is 2.29. The second-order valence-corrected chi connectivity index (χ2v) is 6.05. The van der Waals surface area contributed by atoms with Gasteiger partial charge in [0.2, 0.25) is 5.91 Å². The summed E-state index contributed by atoms with van der Waals surface area (Å²) >= 11 is 6.06. The molecule has 1 amide bonds. The number of nitriles is 1. The van der Waals surface area contributed by atoms with Crippen molar-refractivity contribution in [1.82, 2.24) is 4.90 Å². The lowest BCUT2D eigenvalue weighted by atomic mass is 10.2. The molecule has 0 aliphatic heterocycles. The van der Waals surface area contributed by atoms with Crippen LogP contribution in [0.25, 0.3) is 0 Å². The first-order valence-electron chi connectivity index (χ1n) is 7.69. The van der Waals surface area contributed by atoms with Gasteiger partial charge in [-0.25, -0.2) is 0 Å². The van der Waals surface area contributed by atoms with Crippen LogP contribution in [-0.4, -0.2) is 37.0 Å². The van der Waals surface area contributed by atoms with Crippen LogP contribution in [0.5, 0.6) is 0 Å². The summed E-state index contributed by atoms with van der Waals surface area (Å²) in [4.78, 5) is 16.4. The van der Waals surface area contributed by atoms with Crippen LogP contribution in [0.2, 0.25) is 5.02 Å². The molecule has 0 saturated carbocycles. The minimum absolute atomic E-state index is 0.0231. The number of rotatable bonds is 8. The number of hydrogen-bond donors (Lipinski definition) is 0. The minimum Gasteiger partial charge on any atom is -0.310 e. The molecule has 0 heterocycles. The molecule has 0 spiro atoms. The molecule has 1 rings (SSSR count). The van der Waals surface area contributed by atoms with E-state index in [1.807, 2.05) is 37.8 Å². The summed E-state index contributed by atoms with van der Waals surface area (Å²) in [5, 5.41) is 9.52. The van der Waals surface area contributed by atoms with Crippen molar-refractivity contribution < 1.29 is 4.79 Å². The Morgan fingerprint density at radius 3 is 2.61 bits per heavy atom. The quantitative estimate of drug-likeness (QED) is 0.680. The molecule has 0 atom stereocenters. The van der Waals surface area contributed by atoms with E-state index in [0.717, 1.165) is 23.4 Å². The molecule has 0 unspecified atom stereocenters. The molecule has 0 fully saturated rings. The van der Waals surface area contributed by atoms with Gasteiger partial charge in [-0.05, 0) is 44.2 Å². The molecular formula is C18H24ClN3O. The summed E-state index contributed by atoms with van der Waals surface area (Å²) in [6.07, 6.45) is 0.292. The summed E-state index contributed by atoms with van der Waals surface area (Å²) in [5.74, 6) is -0.0231. The zero-order valence-electron chi connectivity index (χ0n) is 14.1. The second-order valence-electron chi connectivity index (χ2n) is 5.65. The largest absolute Gasteiger partial charge is 0.310 e. The molecule has 0 saturated heterocycles. The van der Waals surface area contributed by atoms with Crippen LogP contribution in [0.4, 0.5) is 5.69 Å². The maximum absolute atomic E-state index is 12.7. The number of hydrogen-bond acceptors (Lipinski definition) is 3. The Morgan fingerprint density at radius 2 is 2.09 bits per heavy atom. The Labute approximate surface area is 143 Å². The van der Waals surface area contributed by atoms with E-state index in [-0.39, 0.29) is 5.91 Å². The number of nitrogens with zero attached hydrogens (tertiary/aromatic N) is 3. The van der Waals surface area contributed by atoms with Crippen LogP contribution >= 0.6 is 11.6 Å². The highest BCUT2D eigenvalue weighted by Gasteiger charge is 2.18. The van der Waals surface area contributed by atoms with E-state index in [0.29, 0.717) is 31.1 Å². The van der Waals surface area contributed by atoms with Gasteiger partial charge in [-0.3, -0.25) is 9.69 Å². The lowest BCUT2D eigenvalue weighted by Gasteiger charge is -2.27. The van der Waals surface area contributed by atoms with Gasteiger partial charge in [0.1, 0.15) is 0 Å². The van der Waals surface area contributed by atoms with E-state index < -0.39 is 0 Å². The molecule has 0 bridgehead atoms. The smallest absolute Gasteiger partial charge is 0.241 e. The average Bonchev–Trinajstić information content (AvgIpc) is 2.49. The molecule has 0 aliphatic rings. The van der Waals surface area contributed by atoms with Gasteiger partial charge in [-0.15, -0.1) is 0 Å². The summed E-state index contributed by atoms with van der Waals surface area (Å²) in [5.41, 5.74) is 2.71. The maximum atomic E-state index is 12.7. The van der Waals surface area contributed by atoms with Crippen molar-refractivity contribution in [3.63, 3.8) is 0 Å². The number of aryl methyl sites for hydroxylation is 1. The minimum atomic E-state index is -0.0231. The molecule has 0 radical (unpaired) electrons. The van der Waals surface area contributed by atoms with Gasteiger partial charge >= 0.3 is 0 Å². The van der Waals surface area contributed by atoms with E-state index >= 15 is 0 Å². The van der Waals surface area contributed by atoms with Gasteiger partial charge in [0.15, 0.2) is 0 Å². The van der Waals surface area contributed by atoms with Gasteiger partial charge in [0, 0.05) is 23.8 Å². The fourth-order valence-corrected chi connectivity index (χ4v) is 2.41. The lowest BCUT2D eigenvalue weighted by Crippen LogP contribution is -2.41. The summed E-state index contributed by atoms with van der Waals surface area (Å²) < 4.78 is 0. The SMILES string of the molecule is C=C(C)CN(CC)CC(=O)N(CCC#N)c1ccc(Cl)c(C)c1. The van der Waals surface area contributed by atoms with Gasteiger partial charge in [-0.1, -0.05) is 30.7 Å². The number of amides is 1. The van der Waals surface area contributed by atoms with E-state index in [2.05, 4.69) is 12.6 Å². The van der Waals surface area contributed by atoms with Crippen molar-refractivity contribution in [2.24, 2.45) is 0 Å². The van der Waals surface area contributed by atoms with Crippen LogP contribution in [0, 0.1) is 18.3 Å². The molecule has 5 heteroatoms. The van der Waals surface area contributed by atoms with Gasteiger partial charge in [0.25, 0.3) is 0 Å². The van der Waals surface area contributed by atoms with E-state index in [9.17, 15) is 4.79 Å². The fraction of sp³-hybridized carbons (Fsp3) is 0.444. The summed E-state index contributed by atoms with van der Waals surface area (Å²) in [6.45, 7) is 11.9. The molecule has 0 aliphatic carbocycles. The Bertz CT molecular complexity index is 607. The van der Waals surface area contributed by atoms with Crippen LogP contribution in [0.15, 0.2) is 30.4 Å². The topological polar surface area (TPSA) is 47.3 Å². The Kier molecular flexibility index (Phi) is 7.80. The predicted molar refractivity (Wildman–Crippen MR) is 95.7 cm³/mol. The Balaban J connectivity index is 2.95. The van der Waals surface area contributed by atoms with Gasteiger partial charge < -0.3 is 4.90 Å². The number of carbonyl (C=O) groups excluding carboxylic acids is 1. The second kappa shape index (κ2) is 9.34. The van der Waals surface area contributed by atoms with Crippen molar-refractivity contribution in [2.45, 2.75) is 27.2 Å². The van der Waals surface area contributed by atoms with Crippen molar-refractivity contribution in [2.75, 3.05) is 31.1 Å². The van der Waals surface area contributed by atoms with E-state index in [1.165, 1.54) is 0 Å². The number of likely N-dealkylation sites (N-methyl/N-ethyl adjacent to an activating group) is 1. The molecule has 1 aromatic rings. The monoisotopic (exact) mass is 333 g/mol. The third kappa shape index (κ3) is 6.05. The van der Waals surface area contributed by atoms with Gasteiger partial charge in [-0.2, -0.15) is 5.26 Å². The third-order valence-corrected chi connectivity index (χ3v) is 3.93. The first-order valence-corrected chi connectivity index (χ1v) is 8.07. The zero-order valence-corrected chi connectivity index (χ0v) is 14.9. The normalized spacial score (nSPS) is 10.4. The molecule has 23 heavy (non-hydrogen) atoms. The standard InChI is InChI=1S/C18H24ClN3O/c1-5-21(12-14(2)3)13-18(23)22(10-6-9-20)16-7-8-17(19)15(4)11-16/h7-8,11H,2,5-6,10,12-13H2,1,3-4H3. The van der Waals surface area contributed by atoms with Crippen LogP contribution in [0.1, 0.15) is 25.8 Å². The van der Waals surface area contributed by atoms with E-state index in [4.69, 9.17) is 16.9 Å². The van der Waals surface area contributed by atoms with Crippen LogP contribution in [0.3, 0.4) is 0 Å². The first-order chi connectivity index (χ1) is 10.9. The predicted octanol–water partition coefficient (Wildman–Crippen LogP) is 3.79. The van der Waals surface area contributed by atoms with Crippen molar-refractivity contribution in [3.8, 4) is 6.07 Å². The summed E-state index contributed by atoms with van der Waals surface area (Å²) in [6, 6.07) is 7.58. The number of carbonyl (C=O) groups is 1. The Morgan fingerprint density at radius 1 is 1.39 bits per heavy atom. The number of anilines is 1. The highest BCUT2D eigenvalue weighted by Crippen LogP contribution is 2.23. The number of halogens is 1. The van der Waals surface area contributed by atoms with Crippen molar-refractivity contribution >= 4 is 23.2 Å². The summed E-state index contributed by atoms with van der Waals surface area (Å²) in [7, 11) is 0. The first kappa shape index (κ1) is 19.2. The molecule has 124 valence electrons. The molecule has 4 nitrogen and oxygen atoms in total. The molecule has 1 aromatic carbocycles. The third-order valence-electron chi connectivity index (χ3n) is 3.50. The van der Waals surface area contributed by atoms with Crippen LogP contribution in [-0.2, 0) is 4.79 Å². The Hall–Kier alpha value is -1.83. The lowest BCUT2D eigenvalue weighted by molar-refractivity contribution is -0.119. The molecule has 0 N–H and O–H groups in total. The number of benzene rings is 1. The highest BCUT2D eigenvalue weighted by molar-refractivity contribution is 6.31.